The second-order valence-electron chi connectivity index (χ2n) is 12.3. The maximum atomic E-state index is 10.5. The van der Waals surface area contributed by atoms with E-state index in [2.05, 4.69) is 81.9 Å². The Labute approximate surface area is 287 Å². The lowest BCUT2D eigenvalue weighted by Crippen LogP contribution is -1.99. The molecule has 2 heterocycles. The van der Waals surface area contributed by atoms with Crippen LogP contribution in [0.2, 0.25) is 0 Å². The third-order valence-electron chi connectivity index (χ3n) is 9.65. The van der Waals surface area contributed by atoms with Crippen molar-refractivity contribution in [2.45, 2.75) is 0 Å². The molecule has 0 bridgehead atoms. The highest BCUT2D eigenvalue weighted by Crippen LogP contribution is 2.39. The molecule has 0 aliphatic rings. The Morgan fingerprint density at radius 3 is 1.54 bits per heavy atom. The van der Waals surface area contributed by atoms with E-state index >= 15 is 0 Å². The predicted octanol–water partition coefficient (Wildman–Crippen LogP) is 10.8. The van der Waals surface area contributed by atoms with Gasteiger partial charge in [-0.1, -0.05) is 84.9 Å². The summed E-state index contributed by atoms with van der Waals surface area (Å²) >= 11 is 0. The number of nitrogens with zero attached hydrogens (tertiary/aromatic N) is 5. The van der Waals surface area contributed by atoms with Crippen molar-refractivity contribution < 1.29 is 0 Å². The van der Waals surface area contributed by atoms with E-state index in [0.717, 1.165) is 66.1 Å². The molecule has 9 rings (SSSR count). The second-order valence-corrected chi connectivity index (χ2v) is 12.3. The van der Waals surface area contributed by atoms with E-state index < -0.39 is 0 Å². The van der Waals surface area contributed by atoms with Crippen LogP contribution < -0.4 is 0 Å². The average Bonchev–Trinajstić information content (AvgIpc) is 3.70. The molecule has 2 aromatic heterocycles. The highest BCUT2D eigenvalue weighted by Gasteiger charge is 2.20. The first-order valence-corrected chi connectivity index (χ1v) is 16.3. The first-order chi connectivity index (χ1) is 24.7. The number of hydrogen-bond donors (Lipinski definition) is 0. The number of nitriles is 3. The van der Waals surface area contributed by atoms with Gasteiger partial charge in [0, 0.05) is 43.9 Å². The van der Waals surface area contributed by atoms with Crippen LogP contribution in [0.3, 0.4) is 0 Å². The maximum absolute atomic E-state index is 10.5. The van der Waals surface area contributed by atoms with Crippen molar-refractivity contribution in [2.75, 3.05) is 0 Å². The zero-order chi connectivity index (χ0) is 33.8. The van der Waals surface area contributed by atoms with E-state index in [4.69, 9.17) is 0 Å². The Balaban J connectivity index is 1.18. The third kappa shape index (κ3) is 4.31. The fourth-order valence-electron chi connectivity index (χ4n) is 7.44. The van der Waals surface area contributed by atoms with Crippen molar-refractivity contribution >= 4 is 43.6 Å². The van der Waals surface area contributed by atoms with Gasteiger partial charge < -0.3 is 9.13 Å². The summed E-state index contributed by atoms with van der Waals surface area (Å²) in [7, 11) is 0. The summed E-state index contributed by atoms with van der Waals surface area (Å²) < 4.78 is 4.44. The number of rotatable bonds is 4. The number of hydrogen-bond acceptors (Lipinski definition) is 3. The number of fused-ring (bicyclic) bond motifs is 6. The monoisotopic (exact) mass is 635 g/mol. The standard InChI is InChI=1S/C45H25N5/c46-26-29-17-22-45-40(23-29)37-12-4-5-13-41(37)49(45)33-20-18-30(19-21-33)38-24-32(28-48)39(25-31(38)27-47)36-11-3-8-16-44(36)50-42-14-6-1-9-34(42)35-10-2-7-15-43(35)50/h1-25H. The van der Waals surface area contributed by atoms with Crippen molar-refractivity contribution in [1.82, 2.24) is 9.13 Å². The fraction of sp³-hybridized carbons (Fsp3) is 0. The molecule has 230 valence electrons. The molecular formula is C45H25N5. The van der Waals surface area contributed by atoms with Gasteiger partial charge in [-0.15, -0.1) is 0 Å². The van der Waals surface area contributed by atoms with Crippen LogP contribution in [0.1, 0.15) is 16.7 Å². The van der Waals surface area contributed by atoms with Gasteiger partial charge in [-0.05, 0) is 72.3 Å². The second kappa shape index (κ2) is 11.4. The Bertz CT molecular complexity index is 2900. The minimum absolute atomic E-state index is 0.490. The van der Waals surface area contributed by atoms with Crippen molar-refractivity contribution in [1.29, 1.82) is 15.8 Å². The summed E-state index contributed by atoms with van der Waals surface area (Å²) in [5.74, 6) is 0. The fourth-order valence-corrected chi connectivity index (χ4v) is 7.44. The summed E-state index contributed by atoms with van der Waals surface area (Å²) in [6.07, 6.45) is 0. The van der Waals surface area contributed by atoms with Crippen molar-refractivity contribution in [3.05, 3.63) is 168 Å². The predicted molar refractivity (Wildman–Crippen MR) is 200 cm³/mol. The van der Waals surface area contributed by atoms with Crippen LogP contribution in [0.15, 0.2) is 152 Å². The highest BCUT2D eigenvalue weighted by molar-refractivity contribution is 6.10. The molecule has 5 nitrogen and oxygen atoms in total. The summed E-state index contributed by atoms with van der Waals surface area (Å²) in [4.78, 5) is 0. The molecule has 9 aromatic rings. The summed E-state index contributed by atoms with van der Waals surface area (Å²) in [5, 5.41) is 34.9. The molecule has 50 heavy (non-hydrogen) atoms. The van der Waals surface area contributed by atoms with E-state index in [-0.39, 0.29) is 0 Å². The molecule has 0 atom stereocenters. The van der Waals surface area contributed by atoms with Gasteiger partial charge >= 0.3 is 0 Å². The third-order valence-corrected chi connectivity index (χ3v) is 9.65. The lowest BCUT2D eigenvalue weighted by Gasteiger charge is -2.16. The van der Waals surface area contributed by atoms with E-state index in [0.29, 0.717) is 27.8 Å². The lowest BCUT2D eigenvalue weighted by atomic mass is 9.90. The Hall–Kier alpha value is -7.39. The molecule has 0 amide bonds. The normalized spacial score (nSPS) is 11.1. The molecule has 7 aromatic carbocycles. The van der Waals surface area contributed by atoms with Crippen LogP contribution in [0, 0.1) is 34.0 Å². The van der Waals surface area contributed by atoms with Gasteiger partial charge in [0.05, 0.1) is 62.7 Å². The molecule has 0 saturated heterocycles. The maximum Gasteiger partial charge on any atom is 0.0998 e. The van der Waals surface area contributed by atoms with Gasteiger partial charge in [0.25, 0.3) is 0 Å². The first-order valence-electron chi connectivity index (χ1n) is 16.3. The number of para-hydroxylation sites is 4. The Kier molecular flexibility index (Phi) is 6.56. The number of aromatic nitrogens is 2. The van der Waals surface area contributed by atoms with E-state index in [1.165, 1.54) is 0 Å². The highest BCUT2D eigenvalue weighted by atomic mass is 15.0. The molecule has 0 unspecified atom stereocenters. The average molecular weight is 636 g/mol. The first kappa shape index (κ1) is 28.8. The van der Waals surface area contributed by atoms with Gasteiger partial charge in [-0.2, -0.15) is 15.8 Å². The molecule has 0 aliphatic carbocycles. The smallest absolute Gasteiger partial charge is 0.0998 e. The molecule has 0 spiro atoms. The van der Waals surface area contributed by atoms with Crippen LogP contribution in [0.4, 0.5) is 0 Å². The summed E-state index contributed by atoms with van der Waals surface area (Å²) in [5.41, 5.74) is 10.8. The van der Waals surface area contributed by atoms with Gasteiger partial charge in [0.2, 0.25) is 0 Å². The Morgan fingerprint density at radius 1 is 0.380 bits per heavy atom. The van der Waals surface area contributed by atoms with Crippen molar-refractivity contribution in [3.63, 3.8) is 0 Å². The SMILES string of the molecule is N#Cc1ccc2c(c1)c1ccccc1n2-c1ccc(-c2cc(C#N)c(-c3ccccc3-n3c4ccccc4c4ccccc43)cc2C#N)cc1. The molecule has 0 fully saturated rings. The van der Waals surface area contributed by atoms with Crippen LogP contribution in [0.25, 0.3) is 77.2 Å². The van der Waals surface area contributed by atoms with E-state index in [9.17, 15) is 15.8 Å². The molecule has 0 radical (unpaired) electrons. The van der Waals surface area contributed by atoms with Crippen molar-refractivity contribution in [3.8, 4) is 51.8 Å². The van der Waals surface area contributed by atoms with Gasteiger partial charge in [-0.3, -0.25) is 0 Å². The molecule has 5 heteroatoms. The molecule has 0 saturated carbocycles. The van der Waals surface area contributed by atoms with E-state index in [1.54, 1.807) is 0 Å². The summed E-state index contributed by atoms with van der Waals surface area (Å²) in [6.45, 7) is 0. The molecule has 0 N–H and O–H groups in total. The molecule has 0 aliphatic heterocycles. The van der Waals surface area contributed by atoms with E-state index in [1.807, 2.05) is 97.1 Å². The lowest BCUT2D eigenvalue weighted by molar-refractivity contribution is 1.18. The van der Waals surface area contributed by atoms with Gasteiger partial charge in [0.1, 0.15) is 0 Å². The summed E-state index contributed by atoms with van der Waals surface area (Å²) in [6, 6.07) is 57.6. The zero-order valence-corrected chi connectivity index (χ0v) is 26.7. The van der Waals surface area contributed by atoms with Crippen molar-refractivity contribution in [2.24, 2.45) is 0 Å². The van der Waals surface area contributed by atoms with Crippen LogP contribution in [0.5, 0.6) is 0 Å². The Morgan fingerprint density at radius 2 is 0.900 bits per heavy atom. The quantitative estimate of drug-likeness (QED) is 0.193. The van der Waals surface area contributed by atoms with Gasteiger partial charge in [-0.25, -0.2) is 0 Å². The van der Waals surface area contributed by atoms with Crippen LogP contribution >= 0.6 is 0 Å². The zero-order valence-electron chi connectivity index (χ0n) is 26.7. The molecular weight excluding hydrogens is 611 g/mol. The van der Waals surface area contributed by atoms with Crippen LogP contribution in [-0.2, 0) is 0 Å². The van der Waals surface area contributed by atoms with Gasteiger partial charge in [0.15, 0.2) is 0 Å². The topological polar surface area (TPSA) is 81.2 Å². The van der Waals surface area contributed by atoms with Crippen LogP contribution in [-0.4, -0.2) is 9.13 Å². The minimum atomic E-state index is 0.490. The number of benzene rings is 7. The largest absolute Gasteiger partial charge is 0.309 e. The minimum Gasteiger partial charge on any atom is -0.309 e.